The number of hydrogen-bond donors (Lipinski definition) is 1. The summed E-state index contributed by atoms with van der Waals surface area (Å²) in [6, 6.07) is 3.88. The van der Waals surface area contributed by atoms with E-state index in [2.05, 4.69) is 14.5 Å². The summed E-state index contributed by atoms with van der Waals surface area (Å²) in [5.74, 6) is 1.78. The third-order valence-electron chi connectivity index (χ3n) is 2.72. The number of imidazole rings is 1. The van der Waals surface area contributed by atoms with Gasteiger partial charge in [-0.3, -0.25) is 4.98 Å². The van der Waals surface area contributed by atoms with Crippen molar-refractivity contribution in [2.24, 2.45) is 5.73 Å². The Balaban J connectivity index is 1.81. The van der Waals surface area contributed by atoms with Crippen LogP contribution in [0.1, 0.15) is 11.5 Å². The van der Waals surface area contributed by atoms with Crippen molar-refractivity contribution in [3.05, 3.63) is 42.2 Å². The molecule has 0 saturated heterocycles. The SMILES string of the molecule is Cc1nccn1CCOc1ccc(CCN)nc1. The molecule has 2 aromatic heterocycles. The summed E-state index contributed by atoms with van der Waals surface area (Å²) in [5, 5.41) is 0. The zero-order valence-corrected chi connectivity index (χ0v) is 10.5. The van der Waals surface area contributed by atoms with Crippen LogP contribution in [0.3, 0.4) is 0 Å². The lowest BCUT2D eigenvalue weighted by atomic mass is 10.3. The van der Waals surface area contributed by atoms with Crippen LogP contribution in [0.2, 0.25) is 0 Å². The minimum Gasteiger partial charge on any atom is -0.490 e. The molecule has 2 aromatic rings. The van der Waals surface area contributed by atoms with Gasteiger partial charge in [-0.1, -0.05) is 0 Å². The molecule has 2 N–H and O–H groups in total. The van der Waals surface area contributed by atoms with E-state index in [0.717, 1.165) is 30.2 Å². The number of rotatable bonds is 6. The van der Waals surface area contributed by atoms with Crippen LogP contribution in [0.15, 0.2) is 30.7 Å². The zero-order valence-electron chi connectivity index (χ0n) is 10.5. The molecule has 0 atom stereocenters. The first-order valence-electron chi connectivity index (χ1n) is 6.05. The van der Waals surface area contributed by atoms with Crippen LogP contribution in [-0.2, 0) is 13.0 Å². The Bertz CT molecular complexity index is 478. The second-order valence-electron chi connectivity index (χ2n) is 4.04. The number of pyridine rings is 1. The molecule has 18 heavy (non-hydrogen) atoms. The van der Waals surface area contributed by atoms with Crippen LogP contribution in [0, 0.1) is 6.92 Å². The fourth-order valence-electron chi connectivity index (χ4n) is 1.69. The van der Waals surface area contributed by atoms with Gasteiger partial charge >= 0.3 is 0 Å². The molecule has 0 radical (unpaired) electrons. The first-order valence-corrected chi connectivity index (χ1v) is 6.05. The van der Waals surface area contributed by atoms with Gasteiger partial charge in [-0.2, -0.15) is 0 Å². The van der Waals surface area contributed by atoms with Gasteiger partial charge in [-0.25, -0.2) is 4.98 Å². The number of nitrogens with two attached hydrogens (primary N) is 1. The fourth-order valence-corrected chi connectivity index (χ4v) is 1.69. The van der Waals surface area contributed by atoms with Crippen molar-refractivity contribution in [2.45, 2.75) is 19.9 Å². The molecule has 5 nitrogen and oxygen atoms in total. The highest BCUT2D eigenvalue weighted by molar-refractivity contribution is 5.19. The summed E-state index contributed by atoms with van der Waals surface area (Å²) in [6.45, 7) is 3.99. The lowest BCUT2D eigenvalue weighted by Gasteiger charge is -2.08. The lowest BCUT2D eigenvalue weighted by Crippen LogP contribution is -2.09. The van der Waals surface area contributed by atoms with Gasteiger partial charge in [0, 0.05) is 24.5 Å². The highest BCUT2D eigenvalue weighted by Crippen LogP contribution is 2.09. The molecule has 0 aliphatic heterocycles. The van der Waals surface area contributed by atoms with E-state index in [1.807, 2.05) is 25.3 Å². The number of aromatic nitrogens is 3. The van der Waals surface area contributed by atoms with E-state index in [9.17, 15) is 0 Å². The standard InChI is InChI=1S/C13H18N4O/c1-11-15-6-7-17(11)8-9-18-13-3-2-12(4-5-14)16-10-13/h2-3,6-7,10H,4-5,8-9,14H2,1H3. The van der Waals surface area contributed by atoms with Crippen molar-refractivity contribution in [2.75, 3.05) is 13.2 Å². The largest absolute Gasteiger partial charge is 0.490 e. The molecular weight excluding hydrogens is 228 g/mol. The first-order chi connectivity index (χ1) is 8.79. The predicted octanol–water partition coefficient (Wildman–Crippen LogP) is 1.17. The zero-order chi connectivity index (χ0) is 12.8. The average molecular weight is 246 g/mol. The van der Waals surface area contributed by atoms with Gasteiger partial charge < -0.3 is 15.0 Å². The molecule has 0 amide bonds. The fraction of sp³-hybridized carbons (Fsp3) is 0.385. The van der Waals surface area contributed by atoms with Crippen LogP contribution in [0.5, 0.6) is 5.75 Å². The monoisotopic (exact) mass is 246 g/mol. The van der Waals surface area contributed by atoms with E-state index < -0.39 is 0 Å². The highest BCUT2D eigenvalue weighted by Gasteiger charge is 1.99. The van der Waals surface area contributed by atoms with Crippen molar-refractivity contribution in [3.8, 4) is 5.75 Å². The molecule has 0 fully saturated rings. The summed E-state index contributed by atoms with van der Waals surface area (Å²) < 4.78 is 7.68. The predicted molar refractivity (Wildman–Crippen MR) is 69.5 cm³/mol. The Labute approximate surface area is 107 Å². The van der Waals surface area contributed by atoms with Gasteiger partial charge in [0.25, 0.3) is 0 Å². The van der Waals surface area contributed by atoms with Crippen molar-refractivity contribution >= 4 is 0 Å². The average Bonchev–Trinajstić information content (AvgIpc) is 2.78. The molecule has 0 aromatic carbocycles. The second-order valence-corrected chi connectivity index (χ2v) is 4.04. The minimum atomic E-state index is 0.606. The number of hydrogen-bond acceptors (Lipinski definition) is 4. The third kappa shape index (κ3) is 3.30. The molecular formula is C13H18N4O. The van der Waals surface area contributed by atoms with Crippen LogP contribution in [0.4, 0.5) is 0 Å². The van der Waals surface area contributed by atoms with Crippen molar-refractivity contribution < 1.29 is 4.74 Å². The Hall–Kier alpha value is -1.88. The van der Waals surface area contributed by atoms with Crippen molar-refractivity contribution in [1.29, 1.82) is 0 Å². The van der Waals surface area contributed by atoms with Crippen LogP contribution < -0.4 is 10.5 Å². The molecule has 0 unspecified atom stereocenters. The van der Waals surface area contributed by atoms with E-state index in [1.165, 1.54) is 0 Å². The van der Waals surface area contributed by atoms with E-state index >= 15 is 0 Å². The Morgan fingerprint density at radius 2 is 2.22 bits per heavy atom. The maximum atomic E-state index is 5.63. The quantitative estimate of drug-likeness (QED) is 0.830. The minimum absolute atomic E-state index is 0.606. The molecule has 5 heteroatoms. The molecule has 0 spiro atoms. The van der Waals surface area contributed by atoms with E-state index in [4.69, 9.17) is 10.5 Å². The summed E-state index contributed by atoms with van der Waals surface area (Å²) in [7, 11) is 0. The normalized spacial score (nSPS) is 10.6. The molecule has 0 saturated carbocycles. The second kappa shape index (κ2) is 6.16. The first kappa shape index (κ1) is 12.6. The molecule has 96 valence electrons. The smallest absolute Gasteiger partial charge is 0.137 e. The summed E-state index contributed by atoms with van der Waals surface area (Å²) in [6.07, 6.45) is 6.28. The summed E-state index contributed by atoms with van der Waals surface area (Å²) >= 11 is 0. The maximum absolute atomic E-state index is 5.63. The summed E-state index contributed by atoms with van der Waals surface area (Å²) in [5.41, 5.74) is 6.46. The maximum Gasteiger partial charge on any atom is 0.137 e. The Morgan fingerprint density at radius 3 is 2.83 bits per heavy atom. The van der Waals surface area contributed by atoms with Crippen LogP contribution in [-0.4, -0.2) is 27.7 Å². The number of aryl methyl sites for hydroxylation is 1. The number of nitrogens with zero attached hydrogens (tertiary/aromatic N) is 3. The van der Waals surface area contributed by atoms with Crippen molar-refractivity contribution in [1.82, 2.24) is 14.5 Å². The van der Waals surface area contributed by atoms with Crippen LogP contribution in [0.25, 0.3) is 0 Å². The Kier molecular flexibility index (Phi) is 4.30. The van der Waals surface area contributed by atoms with Crippen LogP contribution >= 0.6 is 0 Å². The topological polar surface area (TPSA) is 66.0 Å². The van der Waals surface area contributed by atoms with Gasteiger partial charge in [0.2, 0.25) is 0 Å². The lowest BCUT2D eigenvalue weighted by molar-refractivity contribution is 0.296. The van der Waals surface area contributed by atoms with Gasteiger partial charge in [-0.15, -0.1) is 0 Å². The third-order valence-corrected chi connectivity index (χ3v) is 2.72. The summed E-state index contributed by atoms with van der Waals surface area (Å²) in [4.78, 5) is 8.44. The molecule has 0 aliphatic carbocycles. The highest BCUT2D eigenvalue weighted by atomic mass is 16.5. The number of ether oxygens (including phenoxy) is 1. The van der Waals surface area contributed by atoms with E-state index in [-0.39, 0.29) is 0 Å². The van der Waals surface area contributed by atoms with Gasteiger partial charge in [-0.05, 0) is 25.6 Å². The Morgan fingerprint density at radius 1 is 1.33 bits per heavy atom. The molecule has 2 rings (SSSR count). The van der Waals surface area contributed by atoms with E-state index in [1.54, 1.807) is 12.4 Å². The molecule has 0 aliphatic rings. The van der Waals surface area contributed by atoms with Gasteiger partial charge in [0.1, 0.15) is 18.2 Å². The van der Waals surface area contributed by atoms with Crippen molar-refractivity contribution in [3.63, 3.8) is 0 Å². The molecule has 0 bridgehead atoms. The van der Waals surface area contributed by atoms with Gasteiger partial charge in [0.05, 0.1) is 12.7 Å². The van der Waals surface area contributed by atoms with Gasteiger partial charge in [0.15, 0.2) is 0 Å². The van der Waals surface area contributed by atoms with E-state index in [0.29, 0.717) is 13.2 Å². The molecule has 2 heterocycles.